The quantitative estimate of drug-likeness (QED) is 0.794. The molecule has 0 saturated carbocycles. The van der Waals surface area contributed by atoms with Crippen LogP contribution in [-0.2, 0) is 9.53 Å². The van der Waals surface area contributed by atoms with E-state index in [1.807, 2.05) is 41.3 Å². The van der Waals surface area contributed by atoms with Crippen LogP contribution >= 0.6 is 0 Å². The molecule has 2 fully saturated rings. The van der Waals surface area contributed by atoms with Gasteiger partial charge in [-0.25, -0.2) is 0 Å². The van der Waals surface area contributed by atoms with E-state index in [-0.39, 0.29) is 5.91 Å². The Hall–Kier alpha value is -2.24. The van der Waals surface area contributed by atoms with Gasteiger partial charge in [-0.2, -0.15) is 0 Å². The molecule has 2 aliphatic heterocycles. The molecule has 0 bridgehead atoms. The molecule has 1 aromatic heterocycles. The van der Waals surface area contributed by atoms with Gasteiger partial charge in [-0.05, 0) is 24.5 Å². The number of carbonyl (C=O) groups is 1. The van der Waals surface area contributed by atoms with Gasteiger partial charge >= 0.3 is 0 Å². The number of fused-ring (bicyclic) bond motifs is 1. The van der Waals surface area contributed by atoms with E-state index < -0.39 is 0 Å². The van der Waals surface area contributed by atoms with Crippen LogP contribution in [0, 0.1) is 5.92 Å². The Labute approximate surface area is 154 Å². The lowest BCUT2D eigenvalue weighted by atomic mass is 10.1. The number of rotatable bonds is 4. The first-order chi connectivity index (χ1) is 12.8. The maximum atomic E-state index is 12.6. The fraction of sp³-hybridized carbons (Fsp3) is 0.429. The van der Waals surface area contributed by atoms with Crippen molar-refractivity contribution in [3.8, 4) is 0 Å². The molecule has 1 aromatic carbocycles. The molecule has 0 spiro atoms. The molecule has 136 valence electrons. The van der Waals surface area contributed by atoms with Gasteiger partial charge in [0.05, 0.1) is 18.7 Å². The fourth-order valence-electron chi connectivity index (χ4n) is 3.86. The van der Waals surface area contributed by atoms with Crippen molar-refractivity contribution < 1.29 is 9.53 Å². The number of hydrogen-bond acceptors (Lipinski definition) is 4. The number of benzene rings is 1. The molecule has 2 saturated heterocycles. The highest BCUT2D eigenvalue weighted by atomic mass is 16.5. The summed E-state index contributed by atoms with van der Waals surface area (Å²) in [5.74, 6) is 0.673. The normalized spacial score (nSPS) is 21.7. The van der Waals surface area contributed by atoms with Crippen molar-refractivity contribution in [3.63, 3.8) is 0 Å². The third-order valence-electron chi connectivity index (χ3n) is 5.29. The number of nitrogens with zero attached hydrogens (tertiary/aromatic N) is 3. The lowest BCUT2D eigenvalue weighted by Crippen LogP contribution is -2.40. The molecular weight excluding hydrogens is 326 g/mol. The summed E-state index contributed by atoms with van der Waals surface area (Å²) in [6, 6.07) is 10.0. The molecule has 0 N–H and O–H groups in total. The van der Waals surface area contributed by atoms with Crippen LogP contribution in [0.3, 0.4) is 0 Å². The summed E-state index contributed by atoms with van der Waals surface area (Å²) in [7, 11) is 0. The molecule has 2 aliphatic rings. The zero-order chi connectivity index (χ0) is 17.8. The maximum Gasteiger partial charge on any atom is 0.246 e. The molecule has 26 heavy (non-hydrogen) atoms. The summed E-state index contributed by atoms with van der Waals surface area (Å²) in [4.78, 5) is 21.4. The summed E-state index contributed by atoms with van der Waals surface area (Å²) in [6.07, 6.45) is 6.47. The molecule has 0 radical (unpaired) electrons. The number of hydrogen-bond donors (Lipinski definition) is 0. The SMILES string of the molecule is O=C(/C=C/c1cccc2cccnc12)N1CCC(CN2CCOCC2)C1. The molecule has 0 aliphatic carbocycles. The van der Waals surface area contributed by atoms with Gasteiger partial charge in [0.25, 0.3) is 0 Å². The molecule has 5 nitrogen and oxygen atoms in total. The largest absolute Gasteiger partial charge is 0.379 e. The summed E-state index contributed by atoms with van der Waals surface area (Å²) >= 11 is 0. The van der Waals surface area contributed by atoms with Crippen molar-refractivity contribution in [1.29, 1.82) is 0 Å². The molecule has 1 atom stereocenters. The minimum atomic E-state index is 0.0995. The third kappa shape index (κ3) is 3.94. The van der Waals surface area contributed by atoms with Gasteiger partial charge in [0.1, 0.15) is 0 Å². The highest BCUT2D eigenvalue weighted by Gasteiger charge is 2.27. The lowest BCUT2D eigenvalue weighted by Gasteiger charge is -2.28. The fourth-order valence-corrected chi connectivity index (χ4v) is 3.86. The van der Waals surface area contributed by atoms with Gasteiger partial charge < -0.3 is 9.64 Å². The Balaban J connectivity index is 1.36. The smallest absolute Gasteiger partial charge is 0.246 e. The van der Waals surface area contributed by atoms with Gasteiger partial charge in [0.15, 0.2) is 0 Å². The lowest BCUT2D eigenvalue weighted by molar-refractivity contribution is -0.125. The number of amides is 1. The van der Waals surface area contributed by atoms with Crippen molar-refractivity contribution in [1.82, 2.24) is 14.8 Å². The van der Waals surface area contributed by atoms with Gasteiger partial charge in [-0.1, -0.05) is 24.3 Å². The van der Waals surface area contributed by atoms with Crippen molar-refractivity contribution in [2.45, 2.75) is 6.42 Å². The van der Waals surface area contributed by atoms with Crippen molar-refractivity contribution in [2.75, 3.05) is 45.9 Å². The summed E-state index contributed by atoms with van der Waals surface area (Å²) in [6.45, 7) is 6.47. The van der Waals surface area contributed by atoms with Gasteiger partial charge in [0, 0.05) is 55.9 Å². The van der Waals surface area contributed by atoms with E-state index in [2.05, 4.69) is 9.88 Å². The summed E-state index contributed by atoms with van der Waals surface area (Å²) in [5.41, 5.74) is 1.92. The van der Waals surface area contributed by atoms with E-state index in [1.54, 1.807) is 12.3 Å². The van der Waals surface area contributed by atoms with E-state index in [0.717, 1.165) is 68.8 Å². The topological polar surface area (TPSA) is 45.7 Å². The van der Waals surface area contributed by atoms with E-state index in [0.29, 0.717) is 5.92 Å². The molecule has 5 heteroatoms. The van der Waals surface area contributed by atoms with Crippen LogP contribution in [0.25, 0.3) is 17.0 Å². The van der Waals surface area contributed by atoms with E-state index in [1.165, 1.54) is 0 Å². The Morgan fingerprint density at radius 1 is 1.19 bits per heavy atom. The van der Waals surface area contributed by atoms with E-state index in [4.69, 9.17) is 4.74 Å². The van der Waals surface area contributed by atoms with Crippen LogP contribution in [-0.4, -0.2) is 66.6 Å². The number of pyridine rings is 1. The minimum Gasteiger partial charge on any atom is -0.379 e. The zero-order valence-corrected chi connectivity index (χ0v) is 15.0. The molecule has 3 heterocycles. The molecule has 1 unspecified atom stereocenters. The van der Waals surface area contributed by atoms with E-state index >= 15 is 0 Å². The number of ether oxygens (including phenoxy) is 1. The van der Waals surface area contributed by atoms with Crippen LogP contribution < -0.4 is 0 Å². The van der Waals surface area contributed by atoms with Crippen LogP contribution in [0.4, 0.5) is 0 Å². The monoisotopic (exact) mass is 351 g/mol. The Bertz CT molecular complexity index is 793. The second-order valence-electron chi connectivity index (χ2n) is 7.11. The van der Waals surface area contributed by atoms with Crippen molar-refractivity contribution in [3.05, 3.63) is 48.2 Å². The first-order valence-electron chi connectivity index (χ1n) is 9.40. The van der Waals surface area contributed by atoms with Gasteiger partial charge in [-0.3, -0.25) is 14.7 Å². The zero-order valence-electron chi connectivity index (χ0n) is 15.0. The average Bonchev–Trinajstić information content (AvgIpc) is 3.15. The molecular formula is C21H25N3O2. The van der Waals surface area contributed by atoms with Crippen molar-refractivity contribution in [2.24, 2.45) is 5.92 Å². The molecule has 4 rings (SSSR count). The van der Waals surface area contributed by atoms with E-state index in [9.17, 15) is 4.79 Å². The molecule has 2 aromatic rings. The Kier molecular flexibility index (Phi) is 5.27. The second-order valence-corrected chi connectivity index (χ2v) is 7.11. The predicted octanol–water partition coefficient (Wildman–Crippen LogP) is 2.43. The number of likely N-dealkylation sites (tertiary alicyclic amines) is 1. The summed E-state index contributed by atoms with van der Waals surface area (Å²) < 4.78 is 5.41. The first-order valence-corrected chi connectivity index (χ1v) is 9.40. The van der Waals surface area contributed by atoms with Crippen LogP contribution in [0.5, 0.6) is 0 Å². The Morgan fingerprint density at radius 3 is 2.92 bits per heavy atom. The van der Waals surface area contributed by atoms with Gasteiger partial charge in [-0.15, -0.1) is 0 Å². The average molecular weight is 351 g/mol. The standard InChI is InChI=1S/C21H25N3O2/c25-20(7-6-19-4-1-3-18-5-2-9-22-21(18)19)24-10-8-17(16-24)15-23-11-13-26-14-12-23/h1-7,9,17H,8,10-16H2/b7-6+. The van der Waals surface area contributed by atoms with Gasteiger partial charge in [0.2, 0.25) is 5.91 Å². The first kappa shape index (κ1) is 17.2. The molecule has 1 amide bonds. The van der Waals surface area contributed by atoms with Crippen LogP contribution in [0.1, 0.15) is 12.0 Å². The number of morpholine rings is 1. The predicted molar refractivity (Wildman–Crippen MR) is 103 cm³/mol. The highest BCUT2D eigenvalue weighted by Crippen LogP contribution is 2.20. The second kappa shape index (κ2) is 7.98. The number of para-hydroxylation sites is 1. The summed E-state index contributed by atoms with van der Waals surface area (Å²) in [5, 5.41) is 1.09. The van der Waals surface area contributed by atoms with Crippen LogP contribution in [0.15, 0.2) is 42.6 Å². The Morgan fingerprint density at radius 2 is 2.04 bits per heavy atom. The van der Waals surface area contributed by atoms with Crippen molar-refractivity contribution >= 4 is 22.9 Å². The highest BCUT2D eigenvalue weighted by molar-refractivity contribution is 5.95. The number of aromatic nitrogens is 1. The maximum absolute atomic E-state index is 12.6. The van der Waals surface area contributed by atoms with Crippen LogP contribution in [0.2, 0.25) is 0 Å². The minimum absolute atomic E-state index is 0.0995. The number of carbonyl (C=O) groups excluding carboxylic acids is 1. The third-order valence-corrected chi connectivity index (χ3v) is 5.29.